The summed E-state index contributed by atoms with van der Waals surface area (Å²) in [6, 6.07) is 13.4. The van der Waals surface area contributed by atoms with E-state index in [1.54, 1.807) is 0 Å². The van der Waals surface area contributed by atoms with Crippen molar-refractivity contribution in [1.82, 2.24) is 5.32 Å². The molecule has 0 aromatic heterocycles. The van der Waals surface area contributed by atoms with Gasteiger partial charge in [0.1, 0.15) is 11.5 Å². The van der Waals surface area contributed by atoms with Crippen molar-refractivity contribution in [2.45, 2.75) is 6.54 Å². The maximum atomic E-state index is 6.11. The van der Waals surface area contributed by atoms with Crippen molar-refractivity contribution in [2.75, 3.05) is 7.05 Å². The third-order valence-corrected chi connectivity index (χ3v) is 3.26. The highest BCUT2D eigenvalue weighted by Gasteiger charge is 2.07. The third kappa shape index (κ3) is 3.25. The molecule has 0 spiro atoms. The molecule has 4 heteroatoms. The Bertz CT molecular complexity index is 545. The summed E-state index contributed by atoms with van der Waals surface area (Å²) < 4.78 is 6.81. The molecule has 94 valence electrons. The molecule has 2 nitrogen and oxygen atoms in total. The average Bonchev–Trinajstić information content (AvgIpc) is 2.36. The summed E-state index contributed by atoms with van der Waals surface area (Å²) in [6.45, 7) is 0.752. The lowest BCUT2D eigenvalue weighted by molar-refractivity contribution is 0.474. The Labute approximate surface area is 120 Å². The van der Waals surface area contributed by atoms with Crippen LogP contribution in [0, 0.1) is 0 Å². The van der Waals surface area contributed by atoms with Gasteiger partial charge < -0.3 is 10.1 Å². The van der Waals surface area contributed by atoms with Crippen LogP contribution in [0.4, 0.5) is 0 Å². The van der Waals surface area contributed by atoms with Gasteiger partial charge in [-0.25, -0.2) is 0 Å². The van der Waals surface area contributed by atoms with E-state index in [0.29, 0.717) is 10.8 Å². The normalized spacial score (nSPS) is 10.4. The molecule has 2 aromatic carbocycles. The summed E-state index contributed by atoms with van der Waals surface area (Å²) in [5, 5.41) is 3.71. The first kappa shape index (κ1) is 13.4. The molecule has 2 aromatic rings. The van der Waals surface area contributed by atoms with Crippen LogP contribution < -0.4 is 10.1 Å². The quantitative estimate of drug-likeness (QED) is 0.885. The molecule has 0 heterocycles. The van der Waals surface area contributed by atoms with Crippen molar-refractivity contribution < 1.29 is 4.74 Å². The monoisotopic (exact) mass is 325 g/mol. The van der Waals surface area contributed by atoms with Gasteiger partial charge in [0.2, 0.25) is 0 Å². The minimum atomic E-state index is 0.595. The predicted molar refractivity (Wildman–Crippen MR) is 78.4 cm³/mol. The van der Waals surface area contributed by atoms with Gasteiger partial charge in [-0.05, 0) is 31.3 Å². The van der Waals surface area contributed by atoms with E-state index in [2.05, 4.69) is 21.2 Å². The molecule has 18 heavy (non-hydrogen) atoms. The van der Waals surface area contributed by atoms with E-state index < -0.39 is 0 Å². The molecule has 0 fully saturated rings. The van der Waals surface area contributed by atoms with E-state index in [9.17, 15) is 0 Å². The van der Waals surface area contributed by atoms with E-state index >= 15 is 0 Å². The van der Waals surface area contributed by atoms with Gasteiger partial charge in [0.05, 0.1) is 5.02 Å². The minimum Gasteiger partial charge on any atom is -0.455 e. The Balaban J connectivity index is 2.30. The number of ether oxygens (including phenoxy) is 1. The number of benzene rings is 2. The van der Waals surface area contributed by atoms with E-state index in [-0.39, 0.29) is 0 Å². The van der Waals surface area contributed by atoms with Crippen molar-refractivity contribution in [3.05, 3.63) is 57.5 Å². The Morgan fingerprint density at radius 1 is 1.17 bits per heavy atom. The smallest absolute Gasteiger partial charge is 0.147 e. The highest BCUT2D eigenvalue weighted by molar-refractivity contribution is 9.10. The van der Waals surface area contributed by atoms with Crippen molar-refractivity contribution in [3.8, 4) is 11.5 Å². The number of nitrogens with one attached hydrogen (secondary N) is 1. The molecular weight excluding hydrogens is 314 g/mol. The molecule has 0 saturated heterocycles. The van der Waals surface area contributed by atoms with Crippen molar-refractivity contribution in [2.24, 2.45) is 0 Å². The Morgan fingerprint density at radius 2 is 1.94 bits per heavy atom. The maximum Gasteiger partial charge on any atom is 0.147 e. The third-order valence-electron chi connectivity index (χ3n) is 2.45. The van der Waals surface area contributed by atoms with Gasteiger partial charge in [0.15, 0.2) is 0 Å². The second-order valence-corrected chi connectivity index (χ2v) is 5.14. The molecule has 0 aliphatic heterocycles. The van der Waals surface area contributed by atoms with Crippen LogP contribution in [0.1, 0.15) is 5.56 Å². The first-order valence-corrected chi connectivity index (χ1v) is 6.73. The standard InChI is InChI=1S/C14H13BrClNO/c1-17-9-10-4-2-3-5-13(10)18-14-8-11(15)6-7-12(14)16/h2-8,17H,9H2,1H3. The number of hydrogen-bond acceptors (Lipinski definition) is 2. The van der Waals surface area contributed by atoms with Crippen LogP contribution in [0.2, 0.25) is 5.02 Å². The van der Waals surface area contributed by atoms with Gasteiger partial charge in [-0.15, -0.1) is 0 Å². The lowest BCUT2D eigenvalue weighted by atomic mass is 10.2. The summed E-state index contributed by atoms with van der Waals surface area (Å²) in [5.74, 6) is 1.46. The van der Waals surface area contributed by atoms with Gasteiger partial charge in [-0.1, -0.05) is 45.7 Å². The Hall–Kier alpha value is -1.03. The average molecular weight is 327 g/mol. The second-order valence-electron chi connectivity index (χ2n) is 3.81. The number of para-hydroxylation sites is 1. The van der Waals surface area contributed by atoms with Gasteiger partial charge in [0, 0.05) is 16.6 Å². The van der Waals surface area contributed by atoms with Crippen LogP contribution in [0.25, 0.3) is 0 Å². The molecule has 0 atom stereocenters. The number of hydrogen-bond donors (Lipinski definition) is 1. The van der Waals surface area contributed by atoms with Crippen molar-refractivity contribution in [1.29, 1.82) is 0 Å². The summed E-state index contributed by atoms with van der Waals surface area (Å²) in [7, 11) is 1.91. The summed E-state index contributed by atoms with van der Waals surface area (Å²) >= 11 is 9.52. The fourth-order valence-electron chi connectivity index (χ4n) is 1.61. The first-order valence-electron chi connectivity index (χ1n) is 5.56. The summed E-state index contributed by atoms with van der Waals surface area (Å²) in [6.07, 6.45) is 0. The lowest BCUT2D eigenvalue weighted by Crippen LogP contribution is -2.06. The molecule has 2 rings (SSSR count). The molecule has 0 amide bonds. The van der Waals surface area contributed by atoms with E-state index in [1.165, 1.54) is 0 Å². The lowest BCUT2D eigenvalue weighted by Gasteiger charge is -2.12. The zero-order chi connectivity index (χ0) is 13.0. The Kier molecular flexibility index (Phi) is 4.64. The topological polar surface area (TPSA) is 21.3 Å². The number of rotatable bonds is 4. The van der Waals surface area contributed by atoms with Gasteiger partial charge >= 0.3 is 0 Å². The van der Waals surface area contributed by atoms with Crippen LogP contribution in [-0.4, -0.2) is 7.05 Å². The van der Waals surface area contributed by atoms with Crippen LogP contribution in [-0.2, 0) is 6.54 Å². The molecular formula is C14H13BrClNO. The molecule has 0 aliphatic rings. The van der Waals surface area contributed by atoms with Crippen molar-refractivity contribution >= 4 is 27.5 Å². The highest BCUT2D eigenvalue weighted by Crippen LogP contribution is 2.33. The van der Waals surface area contributed by atoms with Gasteiger partial charge in [0.25, 0.3) is 0 Å². The zero-order valence-corrected chi connectivity index (χ0v) is 12.3. The highest BCUT2D eigenvalue weighted by atomic mass is 79.9. The molecule has 0 bridgehead atoms. The van der Waals surface area contributed by atoms with Crippen molar-refractivity contribution in [3.63, 3.8) is 0 Å². The van der Waals surface area contributed by atoms with E-state index in [1.807, 2.05) is 49.5 Å². The van der Waals surface area contributed by atoms with Crippen LogP contribution in [0.3, 0.4) is 0 Å². The van der Waals surface area contributed by atoms with E-state index in [0.717, 1.165) is 22.3 Å². The zero-order valence-electron chi connectivity index (χ0n) is 9.91. The fraction of sp³-hybridized carbons (Fsp3) is 0.143. The molecule has 0 aliphatic carbocycles. The SMILES string of the molecule is CNCc1ccccc1Oc1cc(Br)ccc1Cl. The predicted octanol–water partition coefficient (Wildman–Crippen LogP) is 4.61. The Morgan fingerprint density at radius 3 is 2.72 bits per heavy atom. The van der Waals surface area contributed by atoms with Gasteiger partial charge in [-0.2, -0.15) is 0 Å². The fourth-order valence-corrected chi connectivity index (χ4v) is 2.11. The largest absolute Gasteiger partial charge is 0.455 e. The maximum absolute atomic E-state index is 6.11. The first-order chi connectivity index (χ1) is 8.70. The van der Waals surface area contributed by atoms with Gasteiger partial charge in [-0.3, -0.25) is 0 Å². The van der Waals surface area contributed by atoms with Crippen LogP contribution >= 0.6 is 27.5 Å². The number of halogens is 2. The molecule has 0 saturated carbocycles. The molecule has 0 radical (unpaired) electrons. The summed E-state index contributed by atoms with van der Waals surface area (Å²) in [5.41, 5.74) is 1.09. The minimum absolute atomic E-state index is 0.595. The molecule has 1 N–H and O–H groups in total. The summed E-state index contributed by atoms with van der Waals surface area (Å²) in [4.78, 5) is 0. The van der Waals surface area contributed by atoms with Crippen LogP contribution in [0.15, 0.2) is 46.9 Å². The van der Waals surface area contributed by atoms with Crippen LogP contribution in [0.5, 0.6) is 11.5 Å². The second kappa shape index (κ2) is 6.23. The van der Waals surface area contributed by atoms with E-state index in [4.69, 9.17) is 16.3 Å². The molecule has 0 unspecified atom stereocenters.